The van der Waals surface area contributed by atoms with Crippen LogP contribution in [0.25, 0.3) is 11.3 Å². The standard InChI is InChI=1S/C12H12N2S/c1-12(2)9-7-13-14-11(9)8-5-3-4-6-10(8)15-12/h3-7H,1-2H3,(H,13,14). The largest absolute Gasteiger partial charge is 0.277 e. The first-order chi connectivity index (χ1) is 7.18. The zero-order valence-corrected chi connectivity index (χ0v) is 9.56. The number of H-pyrrole nitrogens is 1. The summed E-state index contributed by atoms with van der Waals surface area (Å²) in [4.78, 5) is 1.33. The van der Waals surface area contributed by atoms with E-state index < -0.39 is 0 Å². The van der Waals surface area contributed by atoms with Gasteiger partial charge in [-0.1, -0.05) is 18.2 Å². The van der Waals surface area contributed by atoms with Crippen LogP contribution in [-0.4, -0.2) is 10.2 Å². The molecule has 0 atom stereocenters. The van der Waals surface area contributed by atoms with E-state index in [1.165, 1.54) is 21.7 Å². The zero-order chi connectivity index (χ0) is 10.5. The highest BCUT2D eigenvalue weighted by molar-refractivity contribution is 8.00. The molecule has 1 aliphatic rings. The minimum Gasteiger partial charge on any atom is -0.277 e. The highest BCUT2D eigenvalue weighted by Gasteiger charge is 2.32. The Morgan fingerprint density at radius 1 is 1.27 bits per heavy atom. The molecule has 0 spiro atoms. The first-order valence-electron chi connectivity index (χ1n) is 5.01. The Bertz CT molecular complexity index is 514. The number of benzene rings is 1. The van der Waals surface area contributed by atoms with Gasteiger partial charge in [-0.2, -0.15) is 5.10 Å². The smallest absolute Gasteiger partial charge is 0.0707 e. The van der Waals surface area contributed by atoms with Crippen LogP contribution in [0.15, 0.2) is 35.4 Å². The second-order valence-corrected chi connectivity index (χ2v) is 5.93. The summed E-state index contributed by atoms with van der Waals surface area (Å²) in [5, 5.41) is 7.27. The van der Waals surface area contributed by atoms with E-state index in [1.54, 1.807) is 0 Å². The maximum Gasteiger partial charge on any atom is 0.0707 e. The van der Waals surface area contributed by atoms with Gasteiger partial charge in [0.05, 0.1) is 11.9 Å². The number of aromatic nitrogens is 2. The summed E-state index contributed by atoms with van der Waals surface area (Å²) in [5.41, 5.74) is 3.75. The number of nitrogens with one attached hydrogen (secondary N) is 1. The fourth-order valence-electron chi connectivity index (χ4n) is 2.04. The molecular formula is C12H12N2S. The monoisotopic (exact) mass is 216 g/mol. The van der Waals surface area contributed by atoms with Crippen molar-refractivity contribution in [2.24, 2.45) is 0 Å². The van der Waals surface area contributed by atoms with Crippen molar-refractivity contribution < 1.29 is 0 Å². The van der Waals surface area contributed by atoms with Crippen molar-refractivity contribution in [1.82, 2.24) is 10.2 Å². The van der Waals surface area contributed by atoms with Gasteiger partial charge in [0.2, 0.25) is 0 Å². The molecule has 3 rings (SSSR count). The summed E-state index contributed by atoms with van der Waals surface area (Å²) in [6, 6.07) is 8.48. The molecule has 1 aliphatic heterocycles. The molecule has 2 nitrogen and oxygen atoms in total. The first-order valence-corrected chi connectivity index (χ1v) is 5.82. The maximum absolute atomic E-state index is 4.16. The van der Waals surface area contributed by atoms with E-state index in [0.29, 0.717) is 0 Å². The molecule has 0 saturated heterocycles. The Balaban J connectivity index is 2.32. The number of fused-ring (bicyclic) bond motifs is 3. The molecule has 0 fully saturated rings. The number of hydrogen-bond acceptors (Lipinski definition) is 2. The van der Waals surface area contributed by atoms with Crippen LogP contribution in [-0.2, 0) is 4.75 Å². The van der Waals surface area contributed by atoms with E-state index in [2.05, 4.69) is 48.3 Å². The lowest BCUT2D eigenvalue weighted by Crippen LogP contribution is -2.15. The minimum atomic E-state index is 0.108. The lowest BCUT2D eigenvalue weighted by Gasteiger charge is -2.30. The lowest BCUT2D eigenvalue weighted by atomic mass is 9.98. The normalized spacial score (nSPS) is 16.9. The third kappa shape index (κ3) is 1.23. The van der Waals surface area contributed by atoms with Crippen LogP contribution in [0, 0.1) is 0 Å². The van der Waals surface area contributed by atoms with Crippen LogP contribution in [0.2, 0.25) is 0 Å². The predicted octanol–water partition coefficient (Wildman–Crippen LogP) is 3.42. The second-order valence-electron chi connectivity index (χ2n) is 4.27. The van der Waals surface area contributed by atoms with Gasteiger partial charge in [0.1, 0.15) is 0 Å². The van der Waals surface area contributed by atoms with E-state index in [-0.39, 0.29) is 4.75 Å². The molecule has 3 heteroatoms. The molecule has 0 amide bonds. The summed E-state index contributed by atoms with van der Waals surface area (Å²) >= 11 is 1.90. The fourth-order valence-corrected chi connectivity index (χ4v) is 3.28. The first kappa shape index (κ1) is 9.04. The Kier molecular flexibility index (Phi) is 1.74. The van der Waals surface area contributed by atoms with Crippen LogP contribution < -0.4 is 0 Å². The van der Waals surface area contributed by atoms with Gasteiger partial charge in [0.25, 0.3) is 0 Å². The van der Waals surface area contributed by atoms with E-state index >= 15 is 0 Å². The number of hydrogen-bond donors (Lipinski definition) is 1. The molecule has 2 aromatic rings. The lowest BCUT2D eigenvalue weighted by molar-refractivity contribution is 0.779. The molecule has 0 radical (unpaired) electrons. The van der Waals surface area contributed by atoms with Crippen LogP contribution >= 0.6 is 11.8 Å². The third-order valence-electron chi connectivity index (χ3n) is 2.81. The Hall–Kier alpha value is -1.22. The predicted molar refractivity (Wildman–Crippen MR) is 62.9 cm³/mol. The van der Waals surface area contributed by atoms with Gasteiger partial charge < -0.3 is 0 Å². The Morgan fingerprint density at radius 2 is 2.07 bits per heavy atom. The van der Waals surface area contributed by atoms with Gasteiger partial charge in [0.15, 0.2) is 0 Å². The van der Waals surface area contributed by atoms with Crippen LogP contribution in [0.3, 0.4) is 0 Å². The van der Waals surface area contributed by atoms with Crippen LogP contribution in [0.5, 0.6) is 0 Å². The fraction of sp³-hybridized carbons (Fsp3) is 0.250. The SMILES string of the molecule is CC1(C)Sc2ccccc2-c2[nH]ncc21. The highest BCUT2D eigenvalue weighted by atomic mass is 32.2. The van der Waals surface area contributed by atoms with Crippen molar-refractivity contribution in [3.05, 3.63) is 36.0 Å². The summed E-state index contributed by atoms with van der Waals surface area (Å²) < 4.78 is 0.108. The molecule has 0 aliphatic carbocycles. The van der Waals surface area contributed by atoms with Gasteiger partial charge in [0, 0.05) is 20.8 Å². The molecule has 15 heavy (non-hydrogen) atoms. The number of nitrogens with zero attached hydrogens (tertiary/aromatic N) is 1. The molecule has 1 aromatic carbocycles. The van der Waals surface area contributed by atoms with Crippen molar-refractivity contribution >= 4 is 11.8 Å². The number of aromatic amines is 1. The van der Waals surface area contributed by atoms with E-state index in [9.17, 15) is 0 Å². The summed E-state index contributed by atoms with van der Waals surface area (Å²) in [6.07, 6.45) is 1.94. The average molecular weight is 216 g/mol. The van der Waals surface area contributed by atoms with E-state index in [0.717, 1.165) is 0 Å². The van der Waals surface area contributed by atoms with Crippen molar-refractivity contribution in [3.8, 4) is 11.3 Å². The summed E-state index contributed by atoms with van der Waals surface area (Å²) in [7, 11) is 0. The van der Waals surface area contributed by atoms with Gasteiger partial charge in [-0.05, 0) is 19.9 Å². The molecule has 76 valence electrons. The maximum atomic E-state index is 4.16. The van der Waals surface area contributed by atoms with Gasteiger partial charge >= 0.3 is 0 Å². The van der Waals surface area contributed by atoms with E-state index in [4.69, 9.17) is 0 Å². The Labute approximate surface area is 93.1 Å². The van der Waals surface area contributed by atoms with Gasteiger partial charge in [-0.15, -0.1) is 11.8 Å². The summed E-state index contributed by atoms with van der Waals surface area (Å²) in [6.45, 7) is 4.48. The molecule has 0 unspecified atom stereocenters. The second kappa shape index (κ2) is 2.89. The van der Waals surface area contributed by atoms with Crippen molar-refractivity contribution in [2.75, 3.05) is 0 Å². The molecule has 0 bridgehead atoms. The number of rotatable bonds is 0. The van der Waals surface area contributed by atoms with Crippen LogP contribution in [0.4, 0.5) is 0 Å². The number of thioether (sulfide) groups is 1. The molecule has 2 heterocycles. The molecule has 1 aromatic heterocycles. The van der Waals surface area contributed by atoms with Crippen molar-refractivity contribution in [1.29, 1.82) is 0 Å². The minimum absolute atomic E-state index is 0.108. The van der Waals surface area contributed by atoms with Crippen molar-refractivity contribution in [3.63, 3.8) is 0 Å². The summed E-state index contributed by atoms with van der Waals surface area (Å²) in [5.74, 6) is 0. The molecule has 0 saturated carbocycles. The quantitative estimate of drug-likeness (QED) is 0.731. The van der Waals surface area contributed by atoms with Crippen molar-refractivity contribution in [2.45, 2.75) is 23.5 Å². The van der Waals surface area contributed by atoms with Gasteiger partial charge in [-0.3, -0.25) is 5.10 Å². The topological polar surface area (TPSA) is 28.7 Å². The zero-order valence-electron chi connectivity index (χ0n) is 8.74. The third-order valence-corrected chi connectivity index (χ3v) is 4.12. The highest BCUT2D eigenvalue weighted by Crippen LogP contribution is 2.51. The molecule has 1 N–H and O–H groups in total. The van der Waals surface area contributed by atoms with Crippen LogP contribution in [0.1, 0.15) is 19.4 Å². The van der Waals surface area contributed by atoms with E-state index in [1.807, 2.05) is 18.0 Å². The molecular weight excluding hydrogens is 204 g/mol. The average Bonchev–Trinajstić information content (AvgIpc) is 2.66. The van der Waals surface area contributed by atoms with Gasteiger partial charge in [-0.25, -0.2) is 0 Å². The Morgan fingerprint density at radius 3 is 2.93 bits per heavy atom.